The second-order valence-corrected chi connectivity index (χ2v) is 3.61. The van der Waals surface area contributed by atoms with Gasteiger partial charge in [0.25, 0.3) is 0 Å². The van der Waals surface area contributed by atoms with Gasteiger partial charge in [0, 0.05) is 31.9 Å². The highest BCUT2D eigenvalue weighted by Crippen LogP contribution is 2.06. The summed E-state index contributed by atoms with van der Waals surface area (Å²) in [5.74, 6) is 0. The summed E-state index contributed by atoms with van der Waals surface area (Å²) in [6.45, 7) is 5.28. The Bertz CT molecular complexity index is 281. The molecule has 0 spiro atoms. The molecule has 80 valence electrons. The number of aryl methyl sites for hydroxylation is 2. The van der Waals surface area contributed by atoms with E-state index in [2.05, 4.69) is 17.3 Å². The van der Waals surface area contributed by atoms with E-state index in [9.17, 15) is 0 Å². The first-order valence-corrected chi connectivity index (χ1v) is 5.03. The Labute approximate surface area is 84.9 Å². The van der Waals surface area contributed by atoms with Gasteiger partial charge in [-0.3, -0.25) is 4.68 Å². The van der Waals surface area contributed by atoms with Crippen molar-refractivity contribution < 1.29 is 5.11 Å². The van der Waals surface area contributed by atoms with Crippen LogP contribution in [0.3, 0.4) is 0 Å². The van der Waals surface area contributed by atoms with Crippen LogP contribution < -0.4 is 5.32 Å². The molecule has 14 heavy (non-hydrogen) atoms. The van der Waals surface area contributed by atoms with E-state index in [4.69, 9.17) is 5.11 Å². The van der Waals surface area contributed by atoms with Crippen LogP contribution in [0.4, 0.5) is 0 Å². The quantitative estimate of drug-likeness (QED) is 0.720. The maximum absolute atomic E-state index is 9.08. The SMILES string of the molecule is CCc1nn(C)cc1CNC[C@@H](C)O. The van der Waals surface area contributed by atoms with Crippen molar-refractivity contribution in [2.75, 3.05) is 6.54 Å². The fraction of sp³-hybridized carbons (Fsp3) is 0.700. The van der Waals surface area contributed by atoms with Crippen molar-refractivity contribution in [3.63, 3.8) is 0 Å². The maximum Gasteiger partial charge on any atom is 0.0666 e. The fourth-order valence-corrected chi connectivity index (χ4v) is 1.44. The van der Waals surface area contributed by atoms with Gasteiger partial charge in [0.15, 0.2) is 0 Å². The summed E-state index contributed by atoms with van der Waals surface area (Å²) in [5, 5.41) is 16.6. The van der Waals surface area contributed by atoms with Gasteiger partial charge in [0.05, 0.1) is 11.8 Å². The minimum Gasteiger partial charge on any atom is -0.392 e. The Morgan fingerprint density at radius 2 is 2.36 bits per heavy atom. The summed E-state index contributed by atoms with van der Waals surface area (Å²) in [5.41, 5.74) is 2.35. The Morgan fingerprint density at radius 1 is 1.64 bits per heavy atom. The first-order valence-electron chi connectivity index (χ1n) is 5.03. The normalized spacial score (nSPS) is 13.1. The van der Waals surface area contributed by atoms with Gasteiger partial charge < -0.3 is 10.4 Å². The van der Waals surface area contributed by atoms with Gasteiger partial charge in [0.1, 0.15) is 0 Å². The Hall–Kier alpha value is -0.870. The predicted molar refractivity (Wildman–Crippen MR) is 56.0 cm³/mol. The highest BCUT2D eigenvalue weighted by molar-refractivity contribution is 5.16. The van der Waals surface area contributed by atoms with E-state index in [1.54, 1.807) is 6.92 Å². The standard InChI is InChI=1S/C10H19N3O/c1-4-10-9(7-13(3)12-10)6-11-5-8(2)14/h7-8,11,14H,4-6H2,1-3H3/t8-/m1/s1. The molecule has 2 N–H and O–H groups in total. The van der Waals surface area contributed by atoms with Crippen LogP contribution in [-0.4, -0.2) is 27.5 Å². The van der Waals surface area contributed by atoms with Crippen molar-refractivity contribution in [2.24, 2.45) is 7.05 Å². The third-order valence-electron chi connectivity index (χ3n) is 2.08. The van der Waals surface area contributed by atoms with Crippen LogP contribution in [0.2, 0.25) is 0 Å². The van der Waals surface area contributed by atoms with Crippen LogP contribution in [0.15, 0.2) is 6.20 Å². The first kappa shape index (κ1) is 11.2. The number of aliphatic hydroxyl groups is 1. The van der Waals surface area contributed by atoms with Crippen LogP contribution in [0.5, 0.6) is 0 Å². The van der Waals surface area contributed by atoms with E-state index >= 15 is 0 Å². The van der Waals surface area contributed by atoms with Crippen LogP contribution in [-0.2, 0) is 20.0 Å². The first-order chi connectivity index (χ1) is 6.63. The lowest BCUT2D eigenvalue weighted by molar-refractivity contribution is 0.191. The van der Waals surface area contributed by atoms with Crippen molar-refractivity contribution in [3.05, 3.63) is 17.5 Å². The van der Waals surface area contributed by atoms with E-state index in [0.29, 0.717) is 6.54 Å². The number of nitrogens with one attached hydrogen (secondary N) is 1. The van der Waals surface area contributed by atoms with E-state index < -0.39 is 0 Å². The van der Waals surface area contributed by atoms with Crippen LogP contribution in [0.25, 0.3) is 0 Å². The molecular weight excluding hydrogens is 178 g/mol. The topological polar surface area (TPSA) is 50.1 Å². The molecule has 0 bridgehead atoms. The summed E-state index contributed by atoms with van der Waals surface area (Å²) in [4.78, 5) is 0. The molecule has 0 amide bonds. The molecule has 0 saturated heterocycles. The van der Waals surface area contributed by atoms with Gasteiger partial charge in [-0.25, -0.2) is 0 Å². The summed E-state index contributed by atoms with van der Waals surface area (Å²) in [6.07, 6.45) is 2.68. The van der Waals surface area contributed by atoms with Crippen molar-refractivity contribution >= 4 is 0 Å². The fourth-order valence-electron chi connectivity index (χ4n) is 1.44. The summed E-state index contributed by atoms with van der Waals surface area (Å²) in [7, 11) is 1.93. The number of nitrogens with zero attached hydrogens (tertiary/aromatic N) is 2. The molecule has 1 atom stereocenters. The van der Waals surface area contributed by atoms with Crippen molar-refractivity contribution in [2.45, 2.75) is 32.9 Å². The molecule has 4 nitrogen and oxygen atoms in total. The molecule has 0 saturated carbocycles. The monoisotopic (exact) mass is 197 g/mol. The van der Waals surface area contributed by atoms with Crippen LogP contribution >= 0.6 is 0 Å². The molecule has 1 aromatic rings. The predicted octanol–water partition coefficient (Wildman–Crippen LogP) is 0.453. The van der Waals surface area contributed by atoms with Gasteiger partial charge in [-0.1, -0.05) is 6.92 Å². The van der Waals surface area contributed by atoms with Crippen LogP contribution in [0, 0.1) is 0 Å². The zero-order valence-electron chi connectivity index (χ0n) is 9.12. The lowest BCUT2D eigenvalue weighted by Gasteiger charge is -2.05. The van der Waals surface area contributed by atoms with E-state index in [0.717, 1.165) is 18.7 Å². The minimum absolute atomic E-state index is 0.295. The number of hydrogen-bond donors (Lipinski definition) is 2. The Kier molecular flexibility index (Phi) is 4.10. The highest BCUT2D eigenvalue weighted by Gasteiger charge is 2.05. The molecule has 0 aliphatic heterocycles. The lowest BCUT2D eigenvalue weighted by Crippen LogP contribution is -2.24. The smallest absolute Gasteiger partial charge is 0.0666 e. The minimum atomic E-state index is -0.295. The highest BCUT2D eigenvalue weighted by atomic mass is 16.3. The average molecular weight is 197 g/mol. The van der Waals surface area contributed by atoms with Crippen LogP contribution in [0.1, 0.15) is 25.1 Å². The third-order valence-corrected chi connectivity index (χ3v) is 2.08. The largest absolute Gasteiger partial charge is 0.392 e. The van der Waals surface area contributed by atoms with Gasteiger partial charge in [-0.2, -0.15) is 5.10 Å². The molecule has 0 aromatic carbocycles. The summed E-state index contributed by atoms with van der Waals surface area (Å²) in [6, 6.07) is 0. The number of aliphatic hydroxyl groups excluding tert-OH is 1. The molecule has 0 unspecified atom stereocenters. The van der Waals surface area contributed by atoms with E-state index in [1.165, 1.54) is 5.56 Å². The summed E-state index contributed by atoms with van der Waals surface area (Å²) < 4.78 is 1.83. The molecule has 1 rings (SSSR count). The Morgan fingerprint density at radius 3 is 2.93 bits per heavy atom. The molecule has 1 heterocycles. The van der Waals surface area contributed by atoms with Crippen molar-refractivity contribution in [1.82, 2.24) is 15.1 Å². The van der Waals surface area contributed by atoms with Crippen molar-refractivity contribution in [1.29, 1.82) is 0 Å². The molecular formula is C10H19N3O. The number of rotatable bonds is 5. The molecule has 0 radical (unpaired) electrons. The van der Waals surface area contributed by atoms with E-state index in [1.807, 2.05) is 17.9 Å². The zero-order valence-corrected chi connectivity index (χ0v) is 9.12. The van der Waals surface area contributed by atoms with Gasteiger partial charge >= 0.3 is 0 Å². The molecule has 4 heteroatoms. The molecule has 0 fully saturated rings. The molecule has 1 aromatic heterocycles. The second kappa shape index (κ2) is 5.12. The number of aromatic nitrogens is 2. The summed E-state index contributed by atoms with van der Waals surface area (Å²) >= 11 is 0. The maximum atomic E-state index is 9.08. The average Bonchev–Trinajstić information content (AvgIpc) is 2.45. The lowest BCUT2D eigenvalue weighted by atomic mass is 10.2. The second-order valence-electron chi connectivity index (χ2n) is 3.61. The van der Waals surface area contributed by atoms with Gasteiger partial charge in [-0.15, -0.1) is 0 Å². The number of hydrogen-bond acceptors (Lipinski definition) is 3. The third kappa shape index (κ3) is 3.12. The molecule has 0 aliphatic carbocycles. The van der Waals surface area contributed by atoms with E-state index in [-0.39, 0.29) is 6.10 Å². The zero-order chi connectivity index (χ0) is 10.6. The molecule has 0 aliphatic rings. The van der Waals surface area contributed by atoms with Crippen molar-refractivity contribution in [3.8, 4) is 0 Å². The Balaban J connectivity index is 2.48. The van der Waals surface area contributed by atoms with Gasteiger partial charge in [0.2, 0.25) is 0 Å². The van der Waals surface area contributed by atoms with Gasteiger partial charge in [-0.05, 0) is 13.3 Å².